The number of nitrogens with zero attached hydrogens (tertiary/aromatic N) is 19. The van der Waals surface area contributed by atoms with Crippen molar-refractivity contribution in [1.82, 2.24) is 147 Å². The molecule has 21 rings (SSSR count). The SMILES string of the molecule is CC(C)CCCc1nc(-c2ccc3[nH]nc(-c4ccc(F)cc4)c3c2)n[nH]1.CC(C)Cc1nc(-c2ccc3[nH]nc(-c4ccc(F)c(Cl)c4)c3c2)n[nH]1.CC(C)Cc1nc(-c2ccc3[nH]nc(-c4cccc(Cl)c4)c3c2)n[nH]1.CN(C)Cc1nc(-c2ccc3[nH]nc(-c4cccnc4)c3c2)n[nH]1.c1cncc(-c2n[nH]c3ccc(-c4n[nH]c(CN5CCCC5)n4)cc23)c1. The van der Waals surface area contributed by atoms with Crippen molar-refractivity contribution in [3.8, 4) is 113 Å². The minimum Gasteiger partial charge on any atom is -0.302 e. The molecule has 20 aromatic rings. The first-order chi connectivity index (χ1) is 62.3. The minimum absolute atomic E-state index is 0.0714. The highest BCUT2D eigenvalue weighted by molar-refractivity contribution is 6.31. The van der Waals surface area contributed by atoms with Crippen molar-refractivity contribution in [3.05, 3.63) is 258 Å². The molecule has 1 aliphatic heterocycles. The van der Waals surface area contributed by atoms with Gasteiger partial charge >= 0.3 is 0 Å². The molecule has 128 heavy (non-hydrogen) atoms. The normalized spacial score (nSPS) is 12.2. The lowest BCUT2D eigenvalue weighted by Crippen LogP contribution is -2.19. The summed E-state index contributed by atoms with van der Waals surface area (Å²) < 4.78 is 26.7. The number of likely N-dealkylation sites (tertiary alicyclic amines) is 1. The van der Waals surface area contributed by atoms with Gasteiger partial charge in [-0.1, -0.05) is 83.3 Å². The molecule has 0 unspecified atom stereocenters. The third-order valence-electron chi connectivity index (χ3n) is 21.5. The highest BCUT2D eigenvalue weighted by Gasteiger charge is 2.22. The second-order valence-electron chi connectivity index (χ2n) is 33.0. The second kappa shape index (κ2) is 38.9. The van der Waals surface area contributed by atoms with E-state index in [2.05, 4.69) is 202 Å². The van der Waals surface area contributed by atoms with Gasteiger partial charge < -0.3 is 4.90 Å². The van der Waals surface area contributed by atoms with Crippen LogP contribution in [-0.4, -0.2) is 174 Å². The van der Waals surface area contributed by atoms with Crippen LogP contribution in [0.4, 0.5) is 8.78 Å². The minimum atomic E-state index is -0.450. The van der Waals surface area contributed by atoms with E-state index in [-0.39, 0.29) is 10.8 Å². The maximum absolute atomic E-state index is 13.5. The molecule has 0 atom stereocenters. The number of hydrogen-bond donors (Lipinski definition) is 10. The van der Waals surface area contributed by atoms with E-state index in [0.29, 0.717) is 51.8 Å². The summed E-state index contributed by atoms with van der Waals surface area (Å²) in [6.07, 6.45) is 14.6. The second-order valence-corrected chi connectivity index (χ2v) is 33.9. The van der Waals surface area contributed by atoms with E-state index in [1.54, 1.807) is 36.7 Å². The Labute approximate surface area is 744 Å². The first kappa shape index (κ1) is 85.6. The molecule has 10 N–H and O–H groups in total. The Morgan fingerprint density at radius 1 is 0.359 bits per heavy atom. The molecular weight excluding hydrogens is 1660 g/mol. The summed E-state index contributed by atoms with van der Waals surface area (Å²) in [6.45, 7) is 16.9. The summed E-state index contributed by atoms with van der Waals surface area (Å²) in [7, 11) is 4.00. The maximum Gasteiger partial charge on any atom is 0.181 e. The van der Waals surface area contributed by atoms with Gasteiger partial charge in [-0.05, 0) is 234 Å². The average molecular weight is 1750 g/mol. The van der Waals surface area contributed by atoms with Crippen molar-refractivity contribution in [1.29, 1.82) is 0 Å². The number of pyridine rings is 2. The van der Waals surface area contributed by atoms with Crippen molar-refractivity contribution in [2.24, 2.45) is 17.8 Å². The summed E-state index contributed by atoms with van der Waals surface area (Å²) >= 11 is 12.0. The fraction of sp³-hybridized carbons (Fsp3) is 0.232. The number of hydrogen-bond acceptors (Lipinski definition) is 19. The van der Waals surface area contributed by atoms with Crippen LogP contribution in [-0.2, 0) is 32.4 Å². The Morgan fingerprint density at radius 2 is 0.727 bits per heavy atom. The highest BCUT2D eigenvalue weighted by atomic mass is 35.5. The van der Waals surface area contributed by atoms with Gasteiger partial charge in [0.15, 0.2) is 29.1 Å². The zero-order valence-electron chi connectivity index (χ0n) is 71.6. The Morgan fingerprint density at radius 3 is 1.13 bits per heavy atom. The third kappa shape index (κ3) is 20.4. The molecule has 1 saturated heterocycles. The molecule has 0 saturated carbocycles. The monoisotopic (exact) mass is 1750 g/mol. The zero-order valence-corrected chi connectivity index (χ0v) is 73.2. The van der Waals surface area contributed by atoms with Crippen LogP contribution in [0, 0.1) is 29.4 Å². The Balaban J connectivity index is 0.000000113. The molecule has 8 aromatic carbocycles. The van der Waals surface area contributed by atoms with Crippen LogP contribution in [0.1, 0.15) is 96.3 Å². The van der Waals surface area contributed by atoms with Crippen molar-refractivity contribution in [3.63, 3.8) is 0 Å². The van der Waals surface area contributed by atoms with Crippen LogP contribution in [0.15, 0.2) is 207 Å². The highest BCUT2D eigenvalue weighted by Crippen LogP contribution is 2.37. The van der Waals surface area contributed by atoms with E-state index in [1.807, 2.05) is 153 Å². The fourth-order valence-corrected chi connectivity index (χ4v) is 15.6. The van der Waals surface area contributed by atoms with E-state index in [1.165, 1.54) is 37.5 Å². The first-order valence-electron chi connectivity index (χ1n) is 42.4. The number of fused-ring (bicyclic) bond motifs is 5. The van der Waals surface area contributed by atoms with Crippen LogP contribution in [0.25, 0.3) is 168 Å². The lowest BCUT2D eigenvalue weighted by atomic mass is 10.1. The third-order valence-corrected chi connectivity index (χ3v) is 22.0. The number of aromatic nitrogens is 27. The molecule has 0 bridgehead atoms. The summed E-state index contributed by atoms with van der Waals surface area (Å²) in [6, 6.07) is 56.6. The summed E-state index contributed by atoms with van der Waals surface area (Å²) in [5.41, 5.74) is 18.1. The smallest absolute Gasteiger partial charge is 0.181 e. The predicted octanol–water partition coefficient (Wildman–Crippen LogP) is 20.5. The standard InChI is InChI=1S/C21H22FN5.C19H17ClFN5.C19H18ClN5.C19H19N7.C17H17N7/c1-13(2)4-3-5-19-23-21(27-25-19)15-8-11-18-17(12-15)20(26-24-18)14-6-9-16(22)10-7-14;1-10(2)7-17-22-19(26-24-17)12-4-6-16-13(8-12)18(25-23-16)11-3-5-15(21)14(20)9-11;1-11(2)8-17-21-19(25-23-17)13-6-7-16-15(10-13)18(24-22-16)12-4-3-5-14(20)9-12;1-2-9-26(8-1)12-17-21-19(25-23-17)13-5-6-16-15(10-13)18(24-22-16)14-4-3-7-20-11-14;1-24(2)10-15-19-17(23-21-15)11-5-6-14-13(8-11)16(22-20-14)12-4-3-7-18-9-12/h6-13H,3-5H2,1-2H3,(H,24,26)(H,23,25,27);3-6,8-10H,7H2,1-2H3,(H,23,25)(H,22,24,26);3-7,9-11H,8H2,1-2H3,(H,22,24)(H,21,23,25);3-7,10-11H,1-2,8-9,12H2,(H,22,24)(H,21,23,25);3-9H,10H2,1-2H3,(H,20,22)(H,19,21,23). The number of benzene rings is 8. The Hall–Kier alpha value is -14.5. The molecule has 13 heterocycles. The molecule has 0 radical (unpaired) electrons. The van der Waals surface area contributed by atoms with Crippen LogP contribution >= 0.6 is 23.2 Å². The number of H-pyrrole nitrogens is 10. The van der Waals surface area contributed by atoms with E-state index in [0.717, 1.165) is 220 Å². The number of nitrogens with one attached hydrogen (secondary N) is 10. The Kier molecular flexibility index (Phi) is 26.0. The summed E-state index contributed by atoms with van der Waals surface area (Å²) in [4.78, 5) is 35.9. The van der Waals surface area contributed by atoms with Crippen LogP contribution in [0.5, 0.6) is 0 Å². The summed E-state index contributed by atoms with van der Waals surface area (Å²) in [5, 5.41) is 80.0. The molecular formula is C95H93Cl2F2N29. The van der Waals surface area contributed by atoms with Gasteiger partial charge in [0.2, 0.25) is 0 Å². The van der Waals surface area contributed by atoms with E-state index in [9.17, 15) is 8.78 Å². The van der Waals surface area contributed by atoms with Gasteiger partial charge in [-0.3, -0.25) is 65.9 Å². The molecule has 0 amide bonds. The number of aryl methyl sites for hydroxylation is 1. The van der Waals surface area contributed by atoms with Crippen molar-refractivity contribution >= 4 is 77.7 Å². The van der Waals surface area contributed by atoms with Gasteiger partial charge in [0.25, 0.3) is 0 Å². The lowest BCUT2D eigenvalue weighted by molar-refractivity contribution is 0.323. The fourth-order valence-electron chi connectivity index (χ4n) is 15.2. The van der Waals surface area contributed by atoms with E-state index >= 15 is 0 Å². The molecule has 0 aliphatic carbocycles. The largest absolute Gasteiger partial charge is 0.302 e. The van der Waals surface area contributed by atoms with Crippen molar-refractivity contribution < 1.29 is 8.78 Å². The summed E-state index contributed by atoms with van der Waals surface area (Å²) in [5.74, 6) is 8.92. The van der Waals surface area contributed by atoms with Crippen molar-refractivity contribution in [2.75, 3.05) is 27.2 Å². The number of aromatic amines is 10. The molecule has 1 fully saturated rings. The van der Waals surface area contributed by atoms with E-state index < -0.39 is 5.82 Å². The molecule has 0 spiro atoms. The van der Waals surface area contributed by atoms with Gasteiger partial charge in [0.1, 0.15) is 52.1 Å². The number of halogens is 4. The Bertz CT molecular complexity index is 7120. The molecule has 646 valence electrons. The van der Waals surface area contributed by atoms with Crippen molar-refractivity contribution in [2.45, 2.75) is 99.6 Å². The van der Waals surface area contributed by atoms with Gasteiger partial charge in [0.05, 0.1) is 62.8 Å². The average Bonchev–Trinajstić information content (AvgIpc) is 1.67. The van der Waals surface area contributed by atoms with Crippen LogP contribution in [0.3, 0.4) is 0 Å². The zero-order chi connectivity index (χ0) is 88.3. The van der Waals surface area contributed by atoms with Gasteiger partial charge in [-0.15, -0.1) is 0 Å². The maximum atomic E-state index is 13.5. The van der Waals surface area contributed by atoms with Gasteiger partial charge in [-0.2, -0.15) is 51.0 Å². The molecule has 1 aliphatic rings. The van der Waals surface area contributed by atoms with Gasteiger partial charge in [-0.25, -0.2) is 33.7 Å². The number of rotatable bonds is 22. The van der Waals surface area contributed by atoms with E-state index in [4.69, 9.17) is 23.2 Å². The first-order valence-corrected chi connectivity index (χ1v) is 43.2. The molecule has 29 nitrogen and oxygen atoms in total. The lowest BCUT2D eigenvalue weighted by Gasteiger charge is -2.11. The molecule has 12 aromatic heterocycles. The topological polar surface area (TPSA) is 384 Å². The van der Waals surface area contributed by atoms with Crippen LogP contribution < -0.4 is 0 Å². The molecule has 33 heteroatoms. The predicted molar refractivity (Wildman–Crippen MR) is 497 cm³/mol. The van der Waals surface area contributed by atoms with Crippen LogP contribution in [0.2, 0.25) is 10.0 Å². The quantitative estimate of drug-likeness (QED) is 0.0301. The van der Waals surface area contributed by atoms with Gasteiger partial charge in [0, 0.05) is 132 Å².